The Morgan fingerprint density at radius 1 is 1.45 bits per heavy atom. The third-order valence-corrected chi connectivity index (χ3v) is 4.46. The third kappa shape index (κ3) is 2.49. The second kappa shape index (κ2) is 5.51. The fourth-order valence-electron chi connectivity index (χ4n) is 2.87. The zero-order valence-electron chi connectivity index (χ0n) is 12.6. The van der Waals surface area contributed by atoms with E-state index in [1.807, 2.05) is 18.2 Å². The summed E-state index contributed by atoms with van der Waals surface area (Å²) in [5, 5.41) is 2.84. The number of hydrogen-bond acceptors (Lipinski definition) is 4. The topological polar surface area (TPSA) is 90.7 Å². The van der Waals surface area contributed by atoms with E-state index in [2.05, 4.69) is 5.32 Å². The van der Waals surface area contributed by atoms with Crippen molar-refractivity contribution in [2.75, 3.05) is 20.3 Å². The van der Waals surface area contributed by atoms with Gasteiger partial charge in [-0.05, 0) is 30.9 Å². The lowest BCUT2D eigenvalue weighted by atomic mass is 9.96. The summed E-state index contributed by atoms with van der Waals surface area (Å²) in [7, 11) is 1.62. The van der Waals surface area contributed by atoms with E-state index in [1.54, 1.807) is 7.11 Å². The number of nitrogens with two attached hydrogens (primary N) is 1. The van der Waals surface area contributed by atoms with Crippen molar-refractivity contribution in [3.8, 4) is 11.5 Å². The van der Waals surface area contributed by atoms with Crippen molar-refractivity contribution in [3.05, 3.63) is 23.8 Å². The number of primary amides is 1. The summed E-state index contributed by atoms with van der Waals surface area (Å²) in [5.41, 5.74) is 5.41. The lowest BCUT2D eigenvalue weighted by molar-refractivity contribution is -0.135. The Morgan fingerprint density at radius 3 is 2.86 bits per heavy atom. The molecule has 0 bridgehead atoms. The van der Waals surface area contributed by atoms with Gasteiger partial charge < -0.3 is 20.5 Å². The Kier molecular flexibility index (Phi) is 3.68. The molecule has 1 aromatic carbocycles. The molecule has 0 aromatic heterocycles. The highest BCUT2D eigenvalue weighted by Gasteiger charge is 2.55. The van der Waals surface area contributed by atoms with Crippen LogP contribution in [0.3, 0.4) is 0 Å². The minimum atomic E-state index is -0.962. The molecule has 3 N–H and O–H groups in total. The van der Waals surface area contributed by atoms with E-state index in [0.717, 1.165) is 23.5 Å². The average molecular weight is 304 g/mol. The normalized spacial score (nSPS) is 21.2. The Labute approximate surface area is 129 Å². The molecule has 1 saturated carbocycles. The van der Waals surface area contributed by atoms with Gasteiger partial charge in [0.2, 0.25) is 11.8 Å². The van der Waals surface area contributed by atoms with Gasteiger partial charge in [-0.1, -0.05) is 12.1 Å². The van der Waals surface area contributed by atoms with Crippen molar-refractivity contribution >= 4 is 11.8 Å². The summed E-state index contributed by atoms with van der Waals surface area (Å²) in [4.78, 5) is 23.4. The molecule has 6 heteroatoms. The monoisotopic (exact) mass is 304 g/mol. The summed E-state index contributed by atoms with van der Waals surface area (Å²) in [6.07, 6.45) is 1.90. The first-order valence-electron chi connectivity index (χ1n) is 7.44. The number of hydrogen-bond donors (Lipinski definition) is 2. The van der Waals surface area contributed by atoms with E-state index >= 15 is 0 Å². The minimum Gasteiger partial charge on any atom is -0.493 e. The molecule has 1 atom stereocenters. The highest BCUT2D eigenvalue weighted by atomic mass is 16.5. The van der Waals surface area contributed by atoms with Crippen LogP contribution in [0.15, 0.2) is 18.2 Å². The number of carbonyl (C=O) groups is 2. The van der Waals surface area contributed by atoms with Gasteiger partial charge in [0.15, 0.2) is 11.5 Å². The van der Waals surface area contributed by atoms with E-state index in [0.29, 0.717) is 26.0 Å². The van der Waals surface area contributed by atoms with Crippen molar-refractivity contribution in [2.24, 2.45) is 17.1 Å². The highest BCUT2D eigenvalue weighted by Crippen LogP contribution is 2.45. The van der Waals surface area contributed by atoms with Crippen LogP contribution in [-0.2, 0) is 16.0 Å². The summed E-state index contributed by atoms with van der Waals surface area (Å²) in [5.74, 6) is 0.901. The Balaban J connectivity index is 1.59. The van der Waals surface area contributed by atoms with Crippen molar-refractivity contribution in [1.29, 1.82) is 0 Å². The average Bonchev–Trinajstić information content (AvgIpc) is 3.33. The van der Waals surface area contributed by atoms with Crippen LogP contribution in [0, 0.1) is 11.3 Å². The van der Waals surface area contributed by atoms with E-state index in [9.17, 15) is 9.59 Å². The fourth-order valence-corrected chi connectivity index (χ4v) is 2.87. The molecule has 0 saturated heterocycles. The third-order valence-electron chi connectivity index (χ3n) is 4.46. The molecule has 0 radical (unpaired) electrons. The van der Waals surface area contributed by atoms with E-state index in [-0.39, 0.29) is 11.8 Å². The van der Waals surface area contributed by atoms with Gasteiger partial charge in [-0.3, -0.25) is 9.59 Å². The number of para-hydroxylation sites is 1. The predicted molar refractivity (Wildman–Crippen MR) is 79.6 cm³/mol. The summed E-state index contributed by atoms with van der Waals surface area (Å²) in [6, 6.07) is 5.79. The molecular weight excluding hydrogens is 284 g/mol. The second-order valence-corrected chi connectivity index (χ2v) is 5.99. The molecule has 6 nitrogen and oxygen atoms in total. The second-order valence-electron chi connectivity index (χ2n) is 5.99. The SMILES string of the molecule is COc1cccc2c1OC[C@@H](CNC(=O)C1(C(N)=O)CC1)C2. The number of nitrogens with one attached hydrogen (secondary N) is 1. The lowest BCUT2D eigenvalue weighted by Gasteiger charge is -2.27. The van der Waals surface area contributed by atoms with Crippen LogP contribution in [0.2, 0.25) is 0 Å². The van der Waals surface area contributed by atoms with Crippen molar-refractivity contribution in [2.45, 2.75) is 19.3 Å². The summed E-state index contributed by atoms with van der Waals surface area (Å²) >= 11 is 0. The molecular formula is C16H20N2O4. The minimum absolute atomic E-state index is 0.173. The van der Waals surface area contributed by atoms with Gasteiger partial charge in [0, 0.05) is 12.5 Å². The zero-order valence-corrected chi connectivity index (χ0v) is 12.6. The van der Waals surface area contributed by atoms with Gasteiger partial charge in [-0.25, -0.2) is 0 Å². The number of fused-ring (bicyclic) bond motifs is 1. The molecule has 1 aliphatic heterocycles. The lowest BCUT2D eigenvalue weighted by Crippen LogP contribution is -2.43. The number of carbonyl (C=O) groups excluding carboxylic acids is 2. The van der Waals surface area contributed by atoms with Gasteiger partial charge in [0.25, 0.3) is 0 Å². The molecule has 1 aromatic rings. The summed E-state index contributed by atoms with van der Waals surface area (Å²) < 4.78 is 11.1. The van der Waals surface area contributed by atoms with Gasteiger partial charge in [0.1, 0.15) is 5.41 Å². The molecule has 2 aliphatic rings. The van der Waals surface area contributed by atoms with E-state index in [4.69, 9.17) is 15.2 Å². The van der Waals surface area contributed by atoms with Crippen LogP contribution < -0.4 is 20.5 Å². The van der Waals surface area contributed by atoms with Crippen molar-refractivity contribution in [3.63, 3.8) is 0 Å². The van der Waals surface area contributed by atoms with Crippen LogP contribution in [0.25, 0.3) is 0 Å². The van der Waals surface area contributed by atoms with Gasteiger partial charge in [-0.2, -0.15) is 0 Å². The van der Waals surface area contributed by atoms with Gasteiger partial charge in [0.05, 0.1) is 13.7 Å². The number of ether oxygens (including phenoxy) is 2. The zero-order chi connectivity index (χ0) is 15.7. The molecule has 1 fully saturated rings. The Hall–Kier alpha value is -2.24. The van der Waals surface area contributed by atoms with E-state index in [1.165, 1.54) is 0 Å². The molecule has 22 heavy (non-hydrogen) atoms. The Bertz CT molecular complexity index is 610. The standard InChI is InChI=1S/C16H20N2O4/c1-21-12-4-2-3-11-7-10(9-22-13(11)12)8-18-15(20)16(5-6-16)14(17)19/h2-4,10H,5-9H2,1H3,(H2,17,19)(H,18,20)/t10-/m1/s1. The predicted octanol–water partition coefficient (Wildman–Crippen LogP) is 0.628. The quantitative estimate of drug-likeness (QED) is 0.781. The van der Waals surface area contributed by atoms with Gasteiger partial charge >= 0.3 is 0 Å². The molecule has 118 valence electrons. The number of amides is 2. The van der Waals surface area contributed by atoms with Crippen LogP contribution >= 0.6 is 0 Å². The van der Waals surface area contributed by atoms with Crippen LogP contribution in [0.4, 0.5) is 0 Å². The molecule has 0 spiro atoms. The smallest absolute Gasteiger partial charge is 0.235 e. The number of benzene rings is 1. The first-order chi connectivity index (χ1) is 10.6. The molecule has 1 heterocycles. The maximum atomic E-state index is 12.1. The maximum absolute atomic E-state index is 12.1. The summed E-state index contributed by atoms with van der Waals surface area (Å²) in [6.45, 7) is 0.988. The van der Waals surface area contributed by atoms with Crippen molar-refractivity contribution in [1.82, 2.24) is 5.32 Å². The largest absolute Gasteiger partial charge is 0.493 e. The first kappa shape index (κ1) is 14.7. The fraction of sp³-hybridized carbons (Fsp3) is 0.500. The molecule has 0 unspecified atom stereocenters. The first-order valence-corrected chi connectivity index (χ1v) is 7.44. The van der Waals surface area contributed by atoms with Crippen LogP contribution in [0.1, 0.15) is 18.4 Å². The maximum Gasteiger partial charge on any atom is 0.235 e. The number of methoxy groups -OCH3 is 1. The molecule has 2 amide bonds. The Morgan fingerprint density at radius 2 is 2.23 bits per heavy atom. The van der Waals surface area contributed by atoms with Crippen molar-refractivity contribution < 1.29 is 19.1 Å². The van der Waals surface area contributed by atoms with Crippen LogP contribution in [0.5, 0.6) is 11.5 Å². The highest BCUT2D eigenvalue weighted by molar-refractivity contribution is 6.07. The molecule has 1 aliphatic carbocycles. The van der Waals surface area contributed by atoms with E-state index < -0.39 is 11.3 Å². The number of rotatable bonds is 5. The molecule has 3 rings (SSSR count). The van der Waals surface area contributed by atoms with Gasteiger partial charge in [-0.15, -0.1) is 0 Å². The van der Waals surface area contributed by atoms with Crippen LogP contribution in [-0.4, -0.2) is 32.1 Å².